The molecule has 106 valence electrons. The third kappa shape index (κ3) is 4.54. The van der Waals surface area contributed by atoms with Crippen molar-refractivity contribution >= 4 is 0 Å². The van der Waals surface area contributed by atoms with Crippen molar-refractivity contribution in [3.8, 4) is 5.75 Å². The van der Waals surface area contributed by atoms with Crippen molar-refractivity contribution in [1.29, 1.82) is 0 Å². The Morgan fingerprint density at radius 3 is 2.63 bits per heavy atom. The van der Waals surface area contributed by atoms with Gasteiger partial charge in [-0.3, -0.25) is 0 Å². The lowest BCUT2D eigenvalue weighted by atomic mass is 9.97. The van der Waals surface area contributed by atoms with Gasteiger partial charge in [0.15, 0.2) is 0 Å². The van der Waals surface area contributed by atoms with Crippen LogP contribution in [0.1, 0.15) is 45.1 Å². The maximum atomic E-state index is 9.25. The molecule has 1 saturated carbocycles. The van der Waals surface area contributed by atoms with Gasteiger partial charge in [-0.1, -0.05) is 31.9 Å². The predicted octanol–water partition coefficient (Wildman–Crippen LogP) is 3.74. The fourth-order valence-electron chi connectivity index (χ4n) is 3.03. The van der Waals surface area contributed by atoms with Crippen LogP contribution in [0.3, 0.4) is 0 Å². The largest absolute Gasteiger partial charge is 0.508 e. The van der Waals surface area contributed by atoms with Crippen LogP contribution in [0.4, 0.5) is 0 Å². The predicted molar refractivity (Wildman–Crippen MR) is 80.4 cm³/mol. The summed E-state index contributed by atoms with van der Waals surface area (Å²) < 4.78 is 0. The first-order valence-corrected chi connectivity index (χ1v) is 7.66. The summed E-state index contributed by atoms with van der Waals surface area (Å²) in [5.41, 5.74) is 1.31. The number of aryl methyl sites for hydroxylation is 1. The summed E-state index contributed by atoms with van der Waals surface area (Å²) in [7, 11) is 0. The van der Waals surface area contributed by atoms with Crippen LogP contribution in [0.5, 0.6) is 5.75 Å². The van der Waals surface area contributed by atoms with Crippen LogP contribution in [0.25, 0.3) is 0 Å². The maximum absolute atomic E-state index is 9.25. The molecule has 1 fully saturated rings. The number of hydrogen-bond acceptors (Lipinski definition) is 2. The number of aromatic hydroxyl groups is 1. The van der Waals surface area contributed by atoms with Crippen LogP contribution >= 0.6 is 0 Å². The van der Waals surface area contributed by atoms with Crippen molar-refractivity contribution in [1.82, 2.24) is 5.32 Å². The minimum Gasteiger partial charge on any atom is -0.508 e. The molecule has 3 unspecified atom stereocenters. The lowest BCUT2D eigenvalue weighted by Gasteiger charge is -2.20. The van der Waals surface area contributed by atoms with Crippen molar-refractivity contribution in [3.63, 3.8) is 0 Å². The first kappa shape index (κ1) is 14.4. The van der Waals surface area contributed by atoms with Crippen LogP contribution in [0, 0.1) is 11.8 Å². The summed E-state index contributed by atoms with van der Waals surface area (Å²) in [6, 6.07) is 8.14. The lowest BCUT2D eigenvalue weighted by Crippen LogP contribution is -2.32. The van der Waals surface area contributed by atoms with Gasteiger partial charge in [-0.25, -0.2) is 0 Å². The van der Waals surface area contributed by atoms with Gasteiger partial charge in [-0.15, -0.1) is 0 Å². The molecule has 0 heterocycles. The molecular formula is C17H27NO. The molecular weight excluding hydrogens is 234 g/mol. The van der Waals surface area contributed by atoms with Gasteiger partial charge in [-0.2, -0.15) is 0 Å². The fraction of sp³-hybridized carbons (Fsp3) is 0.647. The molecule has 0 bridgehead atoms. The van der Waals surface area contributed by atoms with E-state index in [0.29, 0.717) is 11.8 Å². The van der Waals surface area contributed by atoms with Gasteiger partial charge in [0, 0.05) is 6.04 Å². The summed E-state index contributed by atoms with van der Waals surface area (Å²) >= 11 is 0. The van der Waals surface area contributed by atoms with Crippen LogP contribution < -0.4 is 5.32 Å². The molecule has 0 aliphatic heterocycles. The fourth-order valence-corrected chi connectivity index (χ4v) is 3.03. The Labute approximate surface area is 117 Å². The molecule has 2 nitrogen and oxygen atoms in total. The Morgan fingerprint density at radius 2 is 2.00 bits per heavy atom. The molecule has 0 amide bonds. The second-order valence-corrected chi connectivity index (χ2v) is 6.18. The van der Waals surface area contributed by atoms with E-state index in [1.165, 1.54) is 31.4 Å². The second kappa shape index (κ2) is 6.95. The van der Waals surface area contributed by atoms with Crippen molar-refractivity contribution in [2.45, 2.75) is 52.0 Å². The lowest BCUT2D eigenvalue weighted by molar-refractivity contribution is 0.366. The number of benzene rings is 1. The SMILES string of the molecule is CC(CCc1ccc(O)cc1)NCC1CCCC1C. The highest BCUT2D eigenvalue weighted by Gasteiger charge is 2.23. The van der Waals surface area contributed by atoms with E-state index in [1.807, 2.05) is 12.1 Å². The summed E-state index contributed by atoms with van der Waals surface area (Å²) in [5.74, 6) is 2.14. The van der Waals surface area contributed by atoms with E-state index in [-0.39, 0.29) is 0 Å². The molecule has 0 saturated heterocycles. The third-order valence-corrected chi connectivity index (χ3v) is 4.57. The number of rotatable bonds is 6. The van der Waals surface area contributed by atoms with E-state index in [4.69, 9.17) is 0 Å². The minimum absolute atomic E-state index is 0.352. The van der Waals surface area contributed by atoms with Gasteiger partial charge in [0.2, 0.25) is 0 Å². The van der Waals surface area contributed by atoms with Gasteiger partial charge in [0.1, 0.15) is 5.75 Å². The molecule has 0 spiro atoms. The number of phenolic OH excluding ortho intramolecular Hbond substituents is 1. The van der Waals surface area contributed by atoms with E-state index in [2.05, 4.69) is 19.2 Å². The van der Waals surface area contributed by atoms with Crippen molar-refractivity contribution in [2.24, 2.45) is 11.8 Å². The highest BCUT2D eigenvalue weighted by molar-refractivity contribution is 5.25. The molecule has 2 N–H and O–H groups in total. The number of hydrogen-bond donors (Lipinski definition) is 2. The average molecular weight is 261 g/mol. The number of phenols is 1. The highest BCUT2D eigenvalue weighted by Crippen LogP contribution is 2.30. The van der Waals surface area contributed by atoms with E-state index >= 15 is 0 Å². The maximum Gasteiger partial charge on any atom is 0.115 e. The van der Waals surface area contributed by atoms with Crippen molar-refractivity contribution < 1.29 is 5.11 Å². The van der Waals surface area contributed by atoms with Crippen LogP contribution in [-0.2, 0) is 6.42 Å². The van der Waals surface area contributed by atoms with Gasteiger partial charge in [-0.05, 0) is 62.3 Å². The molecule has 0 aromatic heterocycles. The number of nitrogens with one attached hydrogen (secondary N) is 1. The molecule has 1 aliphatic carbocycles. The summed E-state index contributed by atoms with van der Waals surface area (Å²) in [5, 5.41) is 12.9. The Morgan fingerprint density at radius 1 is 1.26 bits per heavy atom. The third-order valence-electron chi connectivity index (χ3n) is 4.57. The second-order valence-electron chi connectivity index (χ2n) is 6.18. The summed E-state index contributed by atoms with van der Waals surface area (Å²) in [6.45, 7) is 5.85. The zero-order valence-electron chi connectivity index (χ0n) is 12.2. The van der Waals surface area contributed by atoms with Crippen molar-refractivity contribution in [3.05, 3.63) is 29.8 Å². The monoisotopic (exact) mass is 261 g/mol. The van der Waals surface area contributed by atoms with Gasteiger partial charge >= 0.3 is 0 Å². The Kier molecular flexibility index (Phi) is 5.26. The molecule has 2 heteroatoms. The van der Waals surface area contributed by atoms with Crippen LogP contribution in [-0.4, -0.2) is 17.7 Å². The normalized spacial score (nSPS) is 24.5. The average Bonchev–Trinajstić information content (AvgIpc) is 2.81. The molecule has 1 aliphatic rings. The minimum atomic E-state index is 0.352. The molecule has 1 aromatic carbocycles. The Balaban J connectivity index is 1.66. The molecule has 2 rings (SSSR count). The highest BCUT2D eigenvalue weighted by atomic mass is 16.3. The van der Waals surface area contributed by atoms with Gasteiger partial charge in [0.25, 0.3) is 0 Å². The van der Waals surface area contributed by atoms with E-state index < -0.39 is 0 Å². The quantitative estimate of drug-likeness (QED) is 0.817. The van der Waals surface area contributed by atoms with Gasteiger partial charge < -0.3 is 10.4 Å². The zero-order chi connectivity index (χ0) is 13.7. The van der Waals surface area contributed by atoms with E-state index in [0.717, 1.165) is 24.7 Å². The molecule has 3 atom stereocenters. The van der Waals surface area contributed by atoms with Crippen molar-refractivity contribution in [2.75, 3.05) is 6.54 Å². The smallest absolute Gasteiger partial charge is 0.115 e. The first-order chi connectivity index (χ1) is 9.15. The Hall–Kier alpha value is -1.02. The van der Waals surface area contributed by atoms with E-state index in [1.54, 1.807) is 12.1 Å². The first-order valence-electron chi connectivity index (χ1n) is 7.66. The Bertz CT molecular complexity index is 373. The van der Waals surface area contributed by atoms with Crippen LogP contribution in [0.15, 0.2) is 24.3 Å². The zero-order valence-corrected chi connectivity index (χ0v) is 12.2. The molecule has 0 radical (unpaired) electrons. The summed E-state index contributed by atoms with van der Waals surface area (Å²) in [6.07, 6.45) is 6.46. The topological polar surface area (TPSA) is 32.3 Å². The molecule has 1 aromatic rings. The molecule has 19 heavy (non-hydrogen) atoms. The van der Waals surface area contributed by atoms with Gasteiger partial charge in [0.05, 0.1) is 0 Å². The van der Waals surface area contributed by atoms with E-state index in [9.17, 15) is 5.11 Å². The van der Waals surface area contributed by atoms with Crippen LogP contribution in [0.2, 0.25) is 0 Å². The summed E-state index contributed by atoms with van der Waals surface area (Å²) in [4.78, 5) is 0. The standard InChI is InChI=1S/C17H27NO/c1-13-4-3-5-16(13)12-18-14(2)6-7-15-8-10-17(19)11-9-15/h8-11,13-14,16,18-19H,3-7,12H2,1-2H3.